The van der Waals surface area contributed by atoms with Gasteiger partial charge in [0.05, 0.1) is 6.61 Å². The summed E-state index contributed by atoms with van der Waals surface area (Å²) in [5.41, 5.74) is 0. The highest BCUT2D eigenvalue weighted by atomic mass is 31.2. The number of carbonyl (C=O) groups excluding carboxylic acids is 2. The molecule has 0 unspecified atom stereocenters. The maximum absolute atomic E-state index is 12.4. The Balaban J connectivity index is 3.75. The predicted octanol–water partition coefficient (Wildman–Crippen LogP) is 14.8. The third-order valence-corrected chi connectivity index (χ3v) is 11.4. The topological polar surface area (TPSA) is 119 Å². The van der Waals surface area contributed by atoms with Crippen LogP contribution in [0.3, 0.4) is 0 Å². The van der Waals surface area contributed by atoms with E-state index in [1.165, 1.54) is 199 Å². The van der Waals surface area contributed by atoms with Crippen LogP contribution in [0, 0.1) is 0 Å². The molecule has 0 rings (SSSR count). The van der Waals surface area contributed by atoms with Gasteiger partial charge in [0.2, 0.25) is 0 Å². The zero-order valence-electron chi connectivity index (χ0n) is 36.4. The highest BCUT2D eigenvalue weighted by Gasteiger charge is 2.23. The number of carbonyl (C=O) groups is 2. The van der Waals surface area contributed by atoms with E-state index >= 15 is 0 Å². The maximum atomic E-state index is 12.4. The summed E-state index contributed by atoms with van der Waals surface area (Å²) in [6.45, 7) is 3.73. The lowest BCUT2D eigenvalue weighted by atomic mass is 10.0. The SMILES string of the molecule is CCCCCCCCCCCCCCCCCCCCCCCCCC(=O)OC[C@H](COP(=O)(O)O)OC(=O)CCCCCCCCCCCCCCCC. The van der Waals surface area contributed by atoms with Crippen LogP contribution in [-0.2, 0) is 28.2 Å². The van der Waals surface area contributed by atoms with Crippen molar-refractivity contribution in [3.8, 4) is 0 Å². The highest BCUT2D eigenvalue weighted by molar-refractivity contribution is 7.46. The van der Waals surface area contributed by atoms with E-state index in [-0.39, 0.29) is 19.4 Å². The van der Waals surface area contributed by atoms with Crippen LogP contribution < -0.4 is 0 Å². The summed E-state index contributed by atoms with van der Waals surface area (Å²) in [5, 5.41) is 0. The number of phosphoric acid groups is 1. The van der Waals surface area contributed by atoms with E-state index in [4.69, 9.17) is 19.3 Å². The number of hydrogen-bond donors (Lipinski definition) is 2. The second-order valence-corrected chi connectivity index (χ2v) is 17.7. The molecule has 0 aromatic heterocycles. The van der Waals surface area contributed by atoms with Crippen molar-refractivity contribution in [2.75, 3.05) is 13.2 Å². The fourth-order valence-electron chi connectivity index (χ4n) is 7.32. The van der Waals surface area contributed by atoms with Crippen LogP contribution in [0.1, 0.15) is 264 Å². The summed E-state index contributed by atoms with van der Waals surface area (Å²) in [6.07, 6.45) is 46.9. The molecule has 0 saturated heterocycles. The molecule has 0 amide bonds. The van der Waals surface area contributed by atoms with Gasteiger partial charge in [0, 0.05) is 12.8 Å². The Morgan fingerprint density at radius 2 is 0.655 bits per heavy atom. The van der Waals surface area contributed by atoms with Gasteiger partial charge in [0.1, 0.15) is 6.61 Å². The second-order valence-electron chi connectivity index (χ2n) is 16.5. The number of esters is 2. The van der Waals surface area contributed by atoms with Crippen molar-refractivity contribution in [2.24, 2.45) is 0 Å². The van der Waals surface area contributed by atoms with Gasteiger partial charge in [-0.15, -0.1) is 0 Å². The van der Waals surface area contributed by atoms with Gasteiger partial charge in [-0.3, -0.25) is 14.1 Å². The average molecular weight is 803 g/mol. The molecule has 328 valence electrons. The zero-order chi connectivity index (χ0) is 40.3. The van der Waals surface area contributed by atoms with E-state index < -0.39 is 32.5 Å². The largest absolute Gasteiger partial charge is 0.469 e. The Bertz CT molecular complexity index is 863. The van der Waals surface area contributed by atoms with E-state index in [1.807, 2.05) is 0 Å². The molecule has 8 nitrogen and oxygen atoms in total. The zero-order valence-corrected chi connectivity index (χ0v) is 37.3. The van der Waals surface area contributed by atoms with Gasteiger partial charge < -0.3 is 19.3 Å². The summed E-state index contributed by atoms with van der Waals surface area (Å²) in [4.78, 5) is 42.9. The molecule has 9 heteroatoms. The van der Waals surface area contributed by atoms with Crippen LogP contribution in [0.4, 0.5) is 0 Å². The van der Waals surface area contributed by atoms with Crippen LogP contribution >= 0.6 is 7.82 Å². The molecule has 0 fully saturated rings. The predicted molar refractivity (Wildman–Crippen MR) is 230 cm³/mol. The molecule has 0 aromatic rings. The van der Waals surface area contributed by atoms with Crippen molar-refractivity contribution in [1.29, 1.82) is 0 Å². The Kier molecular flexibility index (Phi) is 41.9. The third-order valence-electron chi connectivity index (χ3n) is 10.9. The summed E-state index contributed by atoms with van der Waals surface area (Å²) in [5.74, 6) is -0.864. The second kappa shape index (κ2) is 42.7. The van der Waals surface area contributed by atoms with Gasteiger partial charge in [-0.25, -0.2) is 4.57 Å². The molecule has 0 radical (unpaired) electrons. The first-order chi connectivity index (χ1) is 26.8. The standard InChI is InChI=1S/C46H91O8P/c1-3-5-7-9-11-13-15-17-19-20-21-22-23-24-25-26-27-29-30-32-34-36-38-40-45(47)52-42-44(43-53-55(49,50)51)54-46(48)41-39-37-35-33-31-28-18-16-14-12-10-8-6-4-2/h44H,3-43H2,1-2H3,(H2,49,50,51)/t44-/m1/s1. The van der Waals surface area contributed by atoms with E-state index in [0.717, 1.165) is 32.1 Å². The first-order valence-electron chi connectivity index (χ1n) is 23.8. The Morgan fingerprint density at radius 1 is 0.400 bits per heavy atom. The normalized spacial score (nSPS) is 12.3. The van der Waals surface area contributed by atoms with Gasteiger partial charge in [-0.2, -0.15) is 0 Å². The van der Waals surface area contributed by atoms with Crippen molar-refractivity contribution in [1.82, 2.24) is 0 Å². The van der Waals surface area contributed by atoms with Gasteiger partial charge in [0.25, 0.3) is 0 Å². The molecule has 0 saturated carbocycles. The Hall–Kier alpha value is -0.950. The highest BCUT2D eigenvalue weighted by Crippen LogP contribution is 2.36. The van der Waals surface area contributed by atoms with Crippen LogP contribution in [0.2, 0.25) is 0 Å². The minimum atomic E-state index is -4.75. The van der Waals surface area contributed by atoms with E-state index in [2.05, 4.69) is 18.4 Å². The minimum Gasteiger partial charge on any atom is -0.462 e. The lowest BCUT2D eigenvalue weighted by Gasteiger charge is -2.18. The van der Waals surface area contributed by atoms with Crippen LogP contribution in [0.5, 0.6) is 0 Å². The first-order valence-corrected chi connectivity index (χ1v) is 25.4. The molecular weight excluding hydrogens is 711 g/mol. The summed E-state index contributed by atoms with van der Waals surface area (Å²) in [6, 6.07) is 0. The van der Waals surface area contributed by atoms with E-state index in [0.29, 0.717) is 6.42 Å². The number of phosphoric ester groups is 1. The molecule has 0 bridgehead atoms. The summed E-state index contributed by atoms with van der Waals surface area (Å²) < 4.78 is 26.5. The molecule has 2 N–H and O–H groups in total. The first kappa shape index (κ1) is 54.0. The van der Waals surface area contributed by atoms with Gasteiger partial charge in [0.15, 0.2) is 6.10 Å². The van der Waals surface area contributed by atoms with Gasteiger partial charge in [-0.1, -0.05) is 239 Å². The van der Waals surface area contributed by atoms with Crippen LogP contribution in [0.15, 0.2) is 0 Å². The Morgan fingerprint density at radius 3 is 0.927 bits per heavy atom. The third kappa shape index (κ3) is 45.6. The molecule has 0 spiro atoms. The monoisotopic (exact) mass is 803 g/mol. The van der Waals surface area contributed by atoms with Crippen LogP contribution in [-0.4, -0.2) is 41.0 Å². The molecular formula is C46H91O8P. The number of unbranched alkanes of at least 4 members (excludes halogenated alkanes) is 35. The van der Waals surface area contributed by atoms with Gasteiger partial charge in [-0.05, 0) is 12.8 Å². The molecule has 0 aliphatic carbocycles. The number of ether oxygens (including phenoxy) is 2. The van der Waals surface area contributed by atoms with E-state index in [9.17, 15) is 14.2 Å². The van der Waals surface area contributed by atoms with Crippen LogP contribution in [0.25, 0.3) is 0 Å². The Labute approximate surface area is 340 Å². The molecule has 55 heavy (non-hydrogen) atoms. The lowest BCUT2D eigenvalue weighted by molar-refractivity contribution is -0.161. The van der Waals surface area contributed by atoms with Crippen molar-refractivity contribution in [3.05, 3.63) is 0 Å². The van der Waals surface area contributed by atoms with Crippen molar-refractivity contribution in [3.63, 3.8) is 0 Å². The van der Waals surface area contributed by atoms with Crippen molar-refractivity contribution >= 4 is 19.8 Å². The minimum absolute atomic E-state index is 0.220. The average Bonchev–Trinajstić information content (AvgIpc) is 3.16. The smallest absolute Gasteiger partial charge is 0.462 e. The quantitative estimate of drug-likeness (QED) is 0.0355. The lowest BCUT2D eigenvalue weighted by Crippen LogP contribution is -2.29. The molecule has 0 aliphatic rings. The van der Waals surface area contributed by atoms with E-state index in [1.54, 1.807) is 0 Å². The van der Waals surface area contributed by atoms with Gasteiger partial charge >= 0.3 is 19.8 Å². The van der Waals surface area contributed by atoms with Crippen molar-refractivity contribution < 1.29 is 37.9 Å². The maximum Gasteiger partial charge on any atom is 0.469 e. The fraction of sp³-hybridized carbons (Fsp3) is 0.957. The number of rotatable bonds is 45. The molecule has 0 aromatic carbocycles. The molecule has 0 aliphatic heterocycles. The molecule has 1 atom stereocenters. The van der Waals surface area contributed by atoms with Crippen molar-refractivity contribution in [2.45, 2.75) is 270 Å². The molecule has 0 heterocycles. The fourth-order valence-corrected chi connectivity index (χ4v) is 7.68. The summed E-state index contributed by atoms with van der Waals surface area (Å²) >= 11 is 0. The number of hydrogen-bond acceptors (Lipinski definition) is 6. The summed E-state index contributed by atoms with van der Waals surface area (Å²) in [7, 11) is -4.75.